The Labute approximate surface area is 86.2 Å². The number of hydrogen-bond acceptors (Lipinski definition) is 3. The quantitative estimate of drug-likeness (QED) is 0.729. The molecule has 0 spiro atoms. The van der Waals surface area contributed by atoms with Gasteiger partial charge in [0.2, 0.25) is 0 Å². The summed E-state index contributed by atoms with van der Waals surface area (Å²) in [4.78, 5) is 11.5. The fourth-order valence-corrected chi connectivity index (χ4v) is 2.33. The van der Waals surface area contributed by atoms with Crippen molar-refractivity contribution in [3.63, 3.8) is 0 Å². The lowest BCUT2D eigenvalue weighted by Gasteiger charge is -2.36. The fraction of sp³-hybridized carbons (Fsp3) is 0.909. The Morgan fingerprint density at radius 3 is 2.50 bits per heavy atom. The summed E-state index contributed by atoms with van der Waals surface area (Å²) in [6, 6.07) is 0. The molecule has 3 heteroatoms. The highest BCUT2D eigenvalue weighted by Gasteiger charge is 2.32. The van der Waals surface area contributed by atoms with Gasteiger partial charge in [-0.2, -0.15) is 0 Å². The molecule has 1 saturated carbocycles. The first-order chi connectivity index (χ1) is 6.72. The van der Waals surface area contributed by atoms with E-state index in [1.165, 1.54) is 19.3 Å². The number of ketones is 1. The van der Waals surface area contributed by atoms with E-state index < -0.39 is 0 Å². The van der Waals surface area contributed by atoms with Gasteiger partial charge in [-0.15, -0.1) is 0 Å². The van der Waals surface area contributed by atoms with E-state index in [1.54, 1.807) is 7.11 Å². The van der Waals surface area contributed by atoms with Crippen LogP contribution in [0.3, 0.4) is 0 Å². The van der Waals surface area contributed by atoms with Gasteiger partial charge in [0, 0.05) is 19.1 Å². The summed E-state index contributed by atoms with van der Waals surface area (Å²) >= 11 is 0. The summed E-state index contributed by atoms with van der Waals surface area (Å²) in [5, 5.41) is 3.33. The molecular weight excluding hydrogens is 178 g/mol. The van der Waals surface area contributed by atoms with Crippen molar-refractivity contribution in [3.05, 3.63) is 0 Å². The van der Waals surface area contributed by atoms with Gasteiger partial charge >= 0.3 is 0 Å². The molecule has 0 radical (unpaired) electrons. The Morgan fingerprint density at radius 2 is 2.00 bits per heavy atom. The molecule has 0 aromatic carbocycles. The highest BCUT2D eigenvalue weighted by molar-refractivity contribution is 5.80. The molecule has 1 N–H and O–H groups in total. The zero-order chi connectivity index (χ0) is 10.4. The second-order valence-corrected chi connectivity index (χ2v) is 4.24. The maximum atomic E-state index is 11.5. The number of methoxy groups -OCH3 is 1. The van der Waals surface area contributed by atoms with Crippen LogP contribution in [0.25, 0.3) is 0 Å². The maximum Gasteiger partial charge on any atom is 0.160 e. The SMILES string of the molecule is CNC1(CC(=O)COC)CCCCC1. The molecule has 0 unspecified atom stereocenters. The molecule has 0 aliphatic heterocycles. The molecule has 82 valence electrons. The Bertz CT molecular complexity index is 186. The van der Waals surface area contributed by atoms with E-state index >= 15 is 0 Å². The topological polar surface area (TPSA) is 38.3 Å². The lowest BCUT2D eigenvalue weighted by atomic mass is 9.78. The second-order valence-electron chi connectivity index (χ2n) is 4.24. The summed E-state index contributed by atoms with van der Waals surface area (Å²) < 4.78 is 4.86. The zero-order valence-corrected chi connectivity index (χ0v) is 9.27. The third-order valence-electron chi connectivity index (χ3n) is 3.18. The summed E-state index contributed by atoms with van der Waals surface area (Å²) in [7, 11) is 3.54. The summed E-state index contributed by atoms with van der Waals surface area (Å²) in [5.74, 6) is 0.212. The van der Waals surface area contributed by atoms with Crippen LogP contribution in [0.2, 0.25) is 0 Å². The van der Waals surface area contributed by atoms with E-state index in [1.807, 2.05) is 7.05 Å². The number of rotatable bonds is 5. The van der Waals surface area contributed by atoms with Crippen molar-refractivity contribution in [2.24, 2.45) is 0 Å². The third-order valence-corrected chi connectivity index (χ3v) is 3.18. The molecule has 0 amide bonds. The molecule has 1 aliphatic carbocycles. The zero-order valence-electron chi connectivity index (χ0n) is 9.27. The van der Waals surface area contributed by atoms with Gasteiger partial charge < -0.3 is 10.1 Å². The number of nitrogens with one attached hydrogen (secondary N) is 1. The Kier molecular flexibility index (Phi) is 4.55. The average molecular weight is 199 g/mol. The van der Waals surface area contributed by atoms with Crippen LogP contribution in [0.1, 0.15) is 38.5 Å². The van der Waals surface area contributed by atoms with Crippen molar-refractivity contribution in [3.8, 4) is 0 Å². The normalized spacial score (nSPS) is 20.7. The first-order valence-corrected chi connectivity index (χ1v) is 5.42. The first-order valence-electron chi connectivity index (χ1n) is 5.42. The van der Waals surface area contributed by atoms with Gasteiger partial charge in [-0.05, 0) is 19.9 Å². The van der Waals surface area contributed by atoms with Gasteiger partial charge in [-0.25, -0.2) is 0 Å². The molecule has 0 heterocycles. The Balaban J connectivity index is 2.47. The van der Waals surface area contributed by atoms with Crippen LogP contribution in [-0.4, -0.2) is 32.1 Å². The van der Waals surface area contributed by atoms with Crippen molar-refractivity contribution in [2.75, 3.05) is 20.8 Å². The molecule has 1 rings (SSSR count). The van der Waals surface area contributed by atoms with Crippen molar-refractivity contribution in [1.29, 1.82) is 0 Å². The minimum Gasteiger partial charge on any atom is -0.377 e. The number of ether oxygens (including phenoxy) is 1. The number of Topliss-reactive ketones (excluding diaryl/α,β-unsaturated/α-hetero) is 1. The molecule has 0 aromatic heterocycles. The van der Waals surface area contributed by atoms with Gasteiger partial charge in [0.15, 0.2) is 5.78 Å². The van der Waals surface area contributed by atoms with Crippen LogP contribution >= 0.6 is 0 Å². The van der Waals surface area contributed by atoms with E-state index in [0.717, 1.165) is 12.8 Å². The van der Waals surface area contributed by atoms with Crippen LogP contribution in [0, 0.1) is 0 Å². The maximum absolute atomic E-state index is 11.5. The summed E-state index contributed by atoms with van der Waals surface area (Å²) in [6.45, 7) is 0.253. The second kappa shape index (κ2) is 5.47. The summed E-state index contributed by atoms with van der Waals surface area (Å²) in [5.41, 5.74) is 0.0634. The summed E-state index contributed by atoms with van der Waals surface area (Å²) in [6.07, 6.45) is 6.65. The molecule has 0 aromatic rings. The van der Waals surface area contributed by atoms with Crippen molar-refractivity contribution in [2.45, 2.75) is 44.1 Å². The van der Waals surface area contributed by atoms with Gasteiger partial charge in [-0.1, -0.05) is 19.3 Å². The monoisotopic (exact) mass is 199 g/mol. The standard InChI is InChI=1S/C11H21NO2/c1-12-11(6-4-3-5-7-11)8-10(13)9-14-2/h12H,3-9H2,1-2H3. The highest BCUT2D eigenvalue weighted by atomic mass is 16.5. The molecule has 3 nitrogen and oxygen atoms in total. The molecule has 14 heavy (non-hydrogen) atoms. The molecule has 0 saturated heterocycles. The number of carbonyl (C=O) groups is 1. The van der Waals surface area contributed by atoms with Crippen LogP contribution < -0.4 is 5.32 Å². The Hall–Kier alpha value is -0.410. The van der Waals surface area contributed by atoms with Crippen molar-refractivity contribution < 1.29 is 9.53 Å². The number of hydrogen-bond donors (Lipinski definition) is 1. The lowest BCUT2D eigenvalue weighted by molar-refractivity contribution is -0.124. The Morgan fingerprint density at radius 1 is 1.36 bits per heavy atom. The lowest BCUT2D eigenvalue weighted by Crippen LogP contribution is -2.46. The van der Waals surface area contributed by atoms with E-state index in [-0.39, 0.29) is 17.9 Å². The first kappa shape index (κ1) is 11.7. The van der Waals surface area contributed by atoms with Crippen LogP contribution in [0.4, 0.5) is 0 Å². The van der Waals surface area contributed by atoms with Crippen LogP contribution in [0.5, 0.6) is 0 Å². The molecular formula is C11H21NO2. The van der Waals surface area contributed by atoms with E-state index in [4.69, 9.17) is 4.74 Å². The minimum atomic E-state index is 0.0634. The van der Waals surface area contributed by atoms with Gasteiger partial charge in [-0.3, -0.25) is 4.79 Å². The predicted molar refractivity (Wildman–Crippen MR) is 56.4 cm³/mol. The minimum absolute atomic E-state index is 0.0634. The van der Waals surface area contributed by atoms with E-state index in [0.29, 0.717) is 6.42 Å². The molecule has 0 atom stereocenters. The van der Waals surface area contributed by atoms with Gasteiger partial charge in [0.25, 0.3) is 0 Å². The smallest absolute Gasteiger partial charge is 0.160 e. The van der Waals surface area contributed by atoms with Gasteiger partial charge in [0.1, 0.15) is 6.61 Å². The molecule has 1 aliphatic rings. The van der Waals surface area contributed by atoms with Crippen molar-refractivity contribution >= 4 is 5.78 Å². The fourth-order valence-electron chi connectivity index (χ4n) is 2.33. The third kappa shape index (κ3) is 3.07. The predicted octanol–water partition coefficient (Wildman–Crippen LogP) is 1.51. The van der Waals surface area contributed by atoms with Crippen LogP contribution in [0.15, 0.2) is 0 Å². The molecule has 0 bridgehead atoms. The van der Waals surface area contributed by atoms with Crippen molar-refractivity contribution in [1.82, 2.24) is 5.32 Å². The van der Waals surface area contributed by atoms with E-state index in [9.17, 15) is 4.79 Å². The molecule has 1 fully saturated rings. The van der Waals surface area contributed by atoms with E-state index in [2.05, 4.69) is 5.32 Å². The van der Waals surface area contributed by atoms with Gasteiger partial charge in [0.05, 0.1) is 0 Å². The average Bonchev–Trinajstić information content (AvgIpc) is 2.19. The number of carbonyl (C=O) groups excluding carboxylic acids is 1. The largest absolute Gasteiger partial charge is 0.377 e. The highest BCUT2D eigenvalue weighted by Crippen LogP contribution is 2.30. The van der Waals surface area contributed by atoms with Crippen LogP contribution in [-0.2, 0) is 9.53 Å².